The number of hydrogen-bond acceptors (Lipinski definition) is 4. The highest BCUT2D eigenvalue weighted by molar-refractivity contribution is 7.99. The lowest BCUT2D eigenvalue weighted by Gasteiger charge is -2.14. The molecule has 70 valence electrons. The summed E-state index contributed by atoms with van der Waals surface area (Å²) in [6, 6.07) is 0. The number of thioether (sulfide) groups is 1. The first-order valence-corrected chi connectivity index (χ1v) is 5.26. The third-order valence-corrected chi connectivity index (χ3v) is 2.30. The van der Waals surface area contributed by atoms with Crippen LogP contribution in [-0.4, -0.2) is 35.2 Å². The summed E-state index contributed by atoms with van der Waals surface area (Å²) in [5.41, 5.74) is -0.0349. The van der Waals surface area contributed by atoms with Crippen molar-refractivity contribution in [3.8, 4) is 0 Å². The van der Waals surface area contributed by atoms with E-state index in [2.05, 4.69) is 4.99 Å². The van der Waals surface area contributed by atoms with Gasteiger partial charge in [-0.3, -0.25) is 4.99 Å². The average Bonchev–Trinajstić information content (AvgIpc) is 2.36. The Kier molecular flexibility index (Phi) is 3.40. The van der Waals surface area contributed by atoms with Crippen molar-refractivity contribution in [2.24, 2.45) is 4.99 Å². The van der Waals surface area contributed by atoms with Crippen molar-refractivity contribution in [1.82, 2.24) is 5.06 Å². The lowest BCUT2D eigenvalue weighted by Crippen LogP contribution is -2.20. The van der Waals surface area contributed by atoms with Gasteiger partial charge in [0.25, 0.3) is 0 Å². The quantitative estimate of drug-likeness (QED) is 0.487. The average molecular weight is 188 g/mol. The summed E-state index contributed by atoms with van der Waals surface area (Å²) < 4.78 is 0. The van der Waals surface area contributed by atoms with Crippen LogP contribution < -0.4 is 0 Å². The van der Waals surface area contributed by atoms with E-state index in [1.165, 1.54) is 0 Å². The van der Waals surface area contributed by atoms with Gasteiger partial charge in [-0.1, -0.05) is 0 Å². The van der Waals surface area contributed by atoms with Gasteiger partial charge in [-0.2, -0.15) is 0 Å². The Morgan fingerprint density at radius 2 is 2.25 bits per heavy atom. The minimum Gasteiger partial charge on any atom is -0.393 e. The molecule has 1 aliphatic heterocycles. The van der Waals surface area contributed by atoms with Gasteiger partial charge in [-0.25, -0.2) is 0 Å². The highest BCUT2D eigenvalue weighted by Crippen LogP contribution is 2.12. The van der Waals surface area contributed by atoms with Crippen molar-refractivity contribution in [3.05, 3.63) is 0 Å². The molecule has 12 heavy (non-hydrogen) atoms. The highest BCUT2D eigenvalue weighted by Gasteiger charge is 2.12. The summed E-state index contributed by atoms with van der Waals surface area (Å²) in [7, 11) is 0. The molecule has 0 aromatic rings. The topological polar surface area (TPSA) is 24.8 Å². The van der Waals surface area contributed by atoms with Crippen LogP contribution in [0.5, 0.6) is 0 Å². The number of hydrogen-bond donors (Lipinski definition) is 0. The predicted molar refractivity (Wildman–Crippen MR) is 53.4 cm³/mol. The Labute approximate surface area is 78.1 Å². The fourth-order valence-electron chi connectivity index (χ4n) is 0.729. The van der Waals surface area contributed by atoms with Gasteiger partial charge in [0.15, 0.2) is 6.40 Å². The maximum Gasteiger partial charge on any atom is 0.197 e. The maximum absolute atomic E-state index is 5.30. The van der Waals surface area contributed by atoms with Gasteiger partial charge in [-0.15, -0.1) is 16.8 Å². The minimum absolute atomic E-state index is 0.0349. The molecule has 0 radical (unpaired) electrons. The van der Waals surface area contributed by atoms with Crippen LogP contribution in [0.1, 0.15) is 20.8 Å². The molecular weight excluding hydrogens is 172 g/mol. The van der Waals surface area contributed by atoms with Crippen LogP contribution in [0.15, 0.2) is 4.99 Å². The minimum atomic E-state index is -0.0349. The monoisotopic (exact) mass is 188 g/mol. The van der Waals surface area contributed by atoms with E-state index >= 15 is 0 Å². The number of hydroxylamine groups is 2. The van der Waals surface area contributed by atoms with Crippen LogP contribution in [0, 0.1) is 0 Å². The number of rotatable bonds is 2. The van der Waals surface area contributed by atoms with Crippen molar-refractivity contribution in [2.45, 2.75) is 26.3 Å². The standard InChI is InChI=1S/C8H16N2OS/c1-8(2,3)9-6-11-10-4-5-12-7-10/h6H,4-5,7H2,1-3H3. The molecule has 0 spiro atoms. The van der Waals surface area contributed by atoms with Gasteiger partial charge in [0.05, 0.1) is 11.4 Å². The molecule has 0 aromatic carbocycles. The molecule has 1 saturated heterocycles. The van der Waals surface area contributed by atoms with Crippen molar-refractivity contribution in [1.29, 1.82) is 0 Å². The van der Waals surface area contributed by atoms with Gasteiger partial charge < -0.3 is 4.84 Å². The van der Waals surface area contributed by atoms with Crippen molar-refractivity contribution in [2.75, 3.05) is 18.2 Å². The summed E-state index contributed by atoms with van der Waals surface area (Å²) in [5.74, 6) is 2.11. The zero-order valence-corrected chi connectivity index (χ0v) is 8.73. The van der Waals surface area contributed by atoms with Crippen LogP contribution in [0.25, 0.3) is 0 Å². The first-order chi connectivity index (χ1) is 5.58. The third-order valence-electron chi connectivity index (χ3n) is 1.36. The fraction of sp³-hybridized carbons (Fsp3) is 0.875. The molecule has 1 aliphatic rings. The Balaban J connectivity index is 2.20. The SMILES string of the molecule is CC(C)(C)N=CON1CCSC1. The second-order valence-electron chi connectivity index (χ2n) is 3.75. The largest absolute Gasteiger partial charge is 0.393 e. The van der Waals surface area contributed by atoms with Crippen LogP contribution in [0.3, 0.4) is 0 Å². The van der Waals surface area contributed by atoms with E-state index in [1.807, 2.05) is 37.6 Å². The smallest absolute Gasteiger partial charge is 0.197 e. The van der Waals surface area contributed by atoms with Gasteiger partial charge in [-0.05, 0) is 20.8 Å². The molecule has 0 aromatic heterocycles. The van der Waals surface area contributed by atoms with Crippen LogP contribution in [-0.2, 0) is 4.84 Å². The molecule has 1 heterocycles. The Bertz CT molecular complexity index is 159. The molecular formula is C8H16N2OS. The van der Waals surface area contributed by atoms with Gasteiger partial charge in [0, 0.05) is 12.3 Å². The summed E-state index contributed by atoms with van der Waals surface area (Å²) in [6.07, 6.45) is 1.55. The van der Waals surface area contributed by atoms with Crippen molar-refractivity contribution in [3.63, 3.8) is 0 Å². The molecule has 0 amide bonds. The Morgan fingerprint density at radius 3 is 2.75 bits per heavy atom. The van der Waals surface area contributed by atoms with Crippen LogP contribution in [0.4, 0.5) is 0 Å². The summed E-state index contributed by atoms with van der Waals surface area (Å²) >= 11 is 1.88. The van der Waals surface area contributed by atoms with Gasteiger partial charge in [0.2, 0.25) is 0 Å². The van der Waals surface area contributed by atoms with E-state index in [-0.39, 0.29) is 5.54 Å². The lowest BCUT2D eigenvalue weighted by molar-refractivity contribution is -0.0347. The summed E-state index contributed by atoms with van der Waals surface area (Å²) in [4.78, 5) is 9.52. The fourth-order valence-corrected chi connectivity index (χ4v) is 1.58. The molecule has 0 atom stereocenters. The molecule has 0 aliphatic carbocycles. The van der Waals surface area contributed by atoms with E-state index in [4.69, 9.17) is 4.84 Å². The normalized spacial score (nSPS) is 20.6. The summed E-state index contributed by atoms with van der Waals surface area (Å²) in [5, 5.41) is 1.92. The van der Waals surface area contributed by atoms with E-state index in [0.717, 1.165) is 18.2 Å². The number of aliphatic imine (C=N–C) groups is 1. The molecule has 0 unspecified atom stereocenters. The zero-order chi connectivity index (χ0) is 9.03. The predicted octanol–water partition coefficient (Wildman–Crippen LogP) is 1.75. The van der Waals surface area contributed by atoms with Crippen molar-refractivity contribution >= 4 is 18.2 Å². The van der Waals surface area contributed by atoms with Gasteiger partial charge in [0.1, 0.15) is 0 Å². The van der Waals surface area contributed by atoms with E-state index in [9.17, 15) is 0 Å². The lowest BCUT2D eigenvalue weighted by atomic mass is 10.1. The Hall–Kier alpha value is -0.220. The summed E-state index contributed by atoms with van der Waals surface area (Å²) in [6.45, 7) is 7.14. The first kappa shape index (κ1) is 9.86. The molecule has 3 nitrogen and oxygen atoms in total. The number of nitrogens with zero attached hydrogens (tertiary/aromatic N) is 2. The van der Waals surface area contributed by atoms with E-state index in [0.29, 0.717) is 0 Å². The van der Waals surface area contributed by atoms with Gasteiger partial charge >= 0.3 is 0 Å². The molecule has 4 heteroatoms. The van der Waals surface area contributed by atoms with Crippen LogP contribution >= 0.6 is 11.8 Å². The Morgan fingerprint density at radius 1 is 1.50 bits per heavy atom. The van der Waals surface area contributed by atoms with Crippen molar-refractivity contribution < 1.29 is 4.84 Å². The van der Waals surface area contributed by atoms with E-state index < -0.39 is 0 Å². The molecule has 0 saturated carbocycles. The molecule has 1 rings (SSSR count). The zero-order valence-electron chi connectivity index (χ0n) is 7.91. The highest BCUT2D eigenvalue weighted by atomic mass is 32.2. The maximum atomic E-state index is 5.30. The second kappa shape index (κ2) is 4.14. The third kappa shape index (κ3) is 3.97. The second-order valence-corrected chi connectivity index (χ2v) is 4.83. The van der Waals surface area contributed by atoms with Crippen LogP contribution in [0.2, 0.25) is 0 Å². The molecule has 1 fully saturated rings. The first-order valence-electron chi connectivity index (χ1n) is 4.11. The molecule has 0 N–H and O–H groups in total. The van der Waals surface area contributed by atoms with E-state index in [1.54, 1.807) is 6.40 Å². The molecule has 0 bridgehead atoms.